The van der Waals surface area contributed by atoms with Crippen LogP contribution in [-0.4, -0.2) is 39.0 Å². The van der Waals surface area contributed by atoms with E-state index in [9.17, 15) is 5.11 Å². The molecule has 2 aliphatic rings. The van der Waals surface area contributed by atoms with Gasteiger partial charge in [-0.3, -0.25) is 9.58 Å². The molecule has 3 unspecified atom stereocenters. The van der Waals surface area contributed by atoms with Crippen molar-refractivity contribution >= 4 is 11.6 Å². The third kappa shape index (κ3) is 2.30. The van der Waals surface area contributed by atoms with Crippen molar-refractivity contribution in [2.75, 3.05) is 13.1 Å². The molecule has 0 aromatic carbocycles. The third-order valence-electron chi connectivity index (χ3n) is 4.77. The van der Waals surface area contributed by atoms with Gasteiger partial charge in [0.05, 0.1) is 22.5 Å². The topological polar surface area (TPSA) is 41.3 Å². The van der Waals surface area contributed by atoms with Gasteiger partial charge in [-0.1, -0.05) is 18.5 Å². The normalized spacial score (nSPS) is 31.1. The molecule has 1 aromatic rings. The number of hydrogen-bond acceptors (Lipinski definition) is 3. The largest absolute Gasteiger partial charge is 0.393 e. The molecule has 1 N–H and O–H groups in total. The van der Waals surface area contributed by atoms with Crippen LogP contribution in [0, 0.1) is 11.8 Å². The maximum absolute atomic E-state index is 9.96. The summed E-state index contributed by atoms with van der Waals surface area (Å²) in [4.78, 5) is 2.42. The van der Waals surface area contributed by atoms with Crippen molar-refractivity contribution in [3.63, 3.8) is 0 Å². The molecule has 0 spiro atoms. The van der Waals surface area contributed by atoms with Crippen molar-refractivity contribution in [2.45, 2.75) is 38.8 Å². The van der Waals surface area contributed by atoms with Crippen LogP contribution >= 0.6 is 11.6 Å². The van der Waals surface area contributed by atoms with Gasteiger partial charge in [0.1, 0.15) is 0 Å². The number of halogens is 1. The molecule has 5 heteroatoms. The Morgan fingerprint density at radius 3 is 2.79 bits per heavy atom. The van der Waals surface area contributed by atoms with E-state index in [1.165, 1.54) is 6.42 Å². The first-order valence-corrected chi connectivity index (χ1v) is 7.58. The fourth-order valence-electron chi connectivity index (χ4n) is 3.66. The summed E-state index contributed by atoms with van der Waals surface area (Å²) in [6.45, 7) is 5.01. The predicted octanol–water partition coefficient (Wildman–Crippen LogP) is 1.84. The molecule has 0 amide bonds. The molecule has 3 rings (SSSR count). The zero-order valence-corrected chi connectivity index (χ0v) is 12.4. The lowest BCUT2D eigenvalue weighted by Crippen LogP contribution is -2.25. The number of hydrogen-bond donors (Lipinski definition) is 1. The Morgan fingerprint density at radius 2 is 2.16 bits per heavy atom. The van der Waals surface area contributed by atoms with Gasteiger partial charge in [-0.15, -0.1) is 0 Å². The molecular formula is C14H22ClN3O. The van der Waals surface area contributed by atoms with Gasteiger partial charge in [-0.25, -0.2) is 0 Å². The third-order valence-corrected chi connectivity index (χ3v) is 5.21. The zero-order valence-electron chi connectivity index (χ0n) is 11.6. The molecule has 1 aromatic heterocycles. The summed E-state index contributed by atoms with van der Waals surface area (Å²) < 4.78 is 1.91. The Kier molecular flexibility index (Phi) is 3.58. The second kappa shape index (κ2) is 5.08. The molecule has 0 bridgehead atoms. The molecule has 19 heavy (non-hydrogen) atoms. The number of aliphatic hydroxyl groups excluding tert-OH is 1. The predicted molar refractivity (Wildman–Crippen MR) is 75.1 cm³/mol. The van der Waals surface area contributed by atoms with E-state index in [0.717, 1.165) is 48.9 Å². The molecule has 1 aliphatic heterocycles. The minimum atomic E-state index is -0.0942. The number of rotatable bonds is 3. The first-order valence-electron chi connectivity index (χ1n) is 7.20. The summed E-state index contributed by atoms with van der Waals surface area (Å²) in [6.07, 6.45) is 2.93. The van der Waals surface area contributed by atoms with E-state index in [2.05, 4.69) is 16.9 Å². The summed E-state index contributed by atoms with van der Waals surface area (Å²) in [6, 6.07) is 0. The van der Waals surface area contributed by atoms with E-state index in [1.54, 1.807) is 0 Å². The van der Waals surface area contributed by atoms with Crippen LogP contribution in [0.5, 0.6) is 0 Å². The van der Waals surface area contributed by atoms with E-state index in [1.807, 2.05) is 11.7 Å². The van der Waals surface area contributed by atoms with Gasteiger partial charge in [-0.05, 0) is 25.2 Å². The Morgan fingerprint density at radius 1 is 1.37 bits per heavy atom. The van der Waals surface area contributed by atoms with Crippen molar-refractivity contribution in [3.05, 3.63) is 16.4 Å². The molecular weight excluding hydrogens is 262 g/mol. The minimum absolute atomic E-state index is 0.0942. The highest BCUT2D eigenvalue weighted by atomic mass is 35.5. The van der Waals surface area contributed by atoms with Gasteiger partial charge in [0, 0.05) is 32.6 Å². The van der Waals surface area contributed by atoms with Crippen LogP contribution in [0.3, 0.4) is 0 Å². The second-order valence-electron chi connectivity index (χ2n) is 5.95. The van der Waals surface area contributed by atoms with Crippen molar-refractivity contribution in [1.29, 1.82) is 0 Å². The summed E-state index contributed by atoms with van der Waals surface area (Å²) in [5.74, 6) is 1.14. The first kappa shape index (κ1) is 13.4. The molecule has 4 nitrogen and oxygen atoms in total. The van der Waals surface area contributed by atoms with E-state index in [-0.39, 0.29) is 6.10 Å². The van der Waals surface area contributed by atoms with Crippen molar-refractivity contribution in [3.8, 4) is 0 Å². The smallest absolute Gasteiger partial charge is 0.0863 e. The van der Waals surface area contributed by atoms with Crippen molar-refractivity contribution < 1.29 is 5.11 Å². The summed E-state index contributed by atoms with van der Waals surface area (Å²) in [5.41, 5.74) is 2.09. The van der Waals surface area contributed by atoms with E-state index in [4.69, 9.17) is 11.6 Å². The Hall–Kier alpha value is -0.580. The lowest BCUT2D eigenvalue weighted by molar-refractivity contribution is 0.123. The minimum Gasteiger partial charge on any atom is -0.393 e. The number of aryl methyl sites for hydroxylation is 2. The molecule has 3 atom stereocenters. The van der Waals surface area contributed by atoms with Crippen LogP contribution in [0.25, 0.3) is 0 Å². The van der Waals surface area contributed by atoms with Crippen LogP contribution in [-0.2, 0) is 20.0 Å². The maximum Gasteiger partial charge on any atom is 0.0863 e. The first-order chi connectivity index (χ1) is 9.10. The lowest BCUT2D eigenvalue weighted by atomic mass is 10.00. The molecule has 2 fully saturated rings. The number of likely N-dealkylation sites (tertiary alicyclic amines) is 1. The molecule has 106 valence electrons. The highest BCUT2D eigenvalue weighted by Crippen LogP contribution is 2.39. The van der Waals surface area contributed by atoms with Gasteiger partial charge in [0.25, 0.3) is 0 Å². The average molecular weight is 284 g/mol. The number of aromatic nitrogens is 2. The number of fused-ring (bicyclic) bond motifs is 1. The number of nitrogens with zero attached hydrogens (tertiary/aromatic N) is 3. The van der Waals surface area contributed by atoms with Crippen LogP contribution in [0.15, 0.2) is 0 Å². The average Bonchev–Trinajstić information content (AvgIpc) is 3.01. The van der Waals surface area contributed by atoms with Crippen molar-refractivity contribution in [2.24, 2.45) is 18.9 Å². The summed E-state index contributed by atoms with van der Waals surface area (Å²) >= 11 is 6.40. The quantitative estimate of drug-likeness (QED) is 0.920. The van der Waals surface area contributed by atoms with Crippen LogP contribution in [0.1, 0.15) is 31.2 Å². The Bertz CT molecular complexity index is 474. The Labute approximate surface area is 119 Å². The van der Waals surface area contributed by atoms with E-state index < -0.39 is 0 Å². The highest BCUT2D eigenvalue weighted by molar-refractivity contribution is 6.31. The van der Waals surface area contributed by atoms with Crippen LogP contribution < -0.4 is 0 Å². The fraction of sp³-hybridized carbons (Fsp3) is 0.786. The van der Waals surface area contributed by atoms with E-state index >= 15 is 0 Å². The van der Waals surface area contributed by atoms with Crippen LogP contribution in [0.4, 0.5) is 0 Å². The lowest BCUT2D eigenvalue weighted by Gasteiger charge is -2.18. The van der Waals surface area contributed by atoms with Crippen LogP contribution in [0.2, 0.25) is 5.02 Å². The maximum atomic E-state index is 9.96. The molecule has 1 saturated heterocycles. The second-order valence-corrected chi connectivity index (χ2v) is 6.33. The van der Waals surface area contributed by atoms with Gasteiger partial charge in [0.15, 0.2) is 0 Å². The molecule has 1 saturated carbocycles. The highest BCUT2D eigenvalue weighted by Gasteiger charge is 2.41. The molecule has 1 aliphatic carbocycles. The van der Waals surface area contributed by atoms with Crippen molar-refractivity contribution in [1.82, 2.24) is 14.7 Å². The van der Waals surface area contributed by atoms with Gasteiger partial charge in [-0.2, -0.15) is 5.10 Å². The fourth-order valence-corrected chi connectivity index (χ4v) is 4.01. The molecule has 2 heterocycles. The summed E-state index contributed by atoms with van der Waals surface area (Å²) in [5, 5.41) is 15.3. The van der Waals surface area contributed by atoms with Gasteiger partial charge < -0.3 is 5.11 Å². The number of aliphatic hydroxyl groups is 1. The van der Waals surface area contributed by atoms with E-state index in [0.29, 0.717) is 11.8 Å². The van der Waals surface area contributed by atoms with Gasteiger partial charge >= 0.3 is 0 Å². The van der Waals surface area contributed by atoms with Gasteiger partial charge in [0.2, 0.25) is 0 Å². The SMILES string of the molecule is CCc1nn(C)c(CN2CC3CCC(O)C3C2)c1Cl. The monoisotopic (exact) mass is 283 g/mol. The Balaban J connectivity index is 1.72. The summed E-state index contributed by atoms with van der Waals surface area (Å²) in [7, 11) is 1.96. The molecule has 0 radical (unpaired) electrons. The standard InChI is InChI=1S/C14H22ClN3O/c1-3-11-14(15)12(17(2)16-11)8-18-6-9-4-5-13(19)10(9)7-18/h9-10,13,19H,3-8H2,1-2H3. The zero-order chi connectivity index (χ0) is 13.6.